The van der Waals surface area contributed by atoms with Gasteiger partial charge in [-0.2, -0.15) is 5.26 Å². The van der Waals surface area contributed by atoms with Gasteiger partial charge in [0.15, 0.2) is 5.75 Å². The molecular weight excluding hydrogens is 446 g/mol. The number of benzene rings is 3. The predicted molar refractivity (Wildman–Crippen MR) is 133 cm³/mol. The Balaban J connectivity index is 1.53. The molecule has 0 unspecified atom stereocenters. The fourth-order valence-corrected chi connectivity index (χ4v) is 3.35. The van der Waals surface area contributed by atoms with Crippen LogP contribution in [0.15, 0.2) is 71.8 Å². The lowest BCUT2D eigenvalue weighted by Gasteiger charge is -2.16. The summed E-state index contributed by atoms with van der Waals surface area (Å²) in [6.07, 6.45) is 1.30. The zero-order valence-electron chi connectivity index (χ0n) is 19.2. The number of amides is 1. The first-order chi connectivity index (χ1) is 16.9. The first-order valence-corrected chi connectivity index (χ1v) is 10.8. The molecule has 9 nitrogen and oxygen atoms in total. The smallest absolute Gasteiger partial charge is 0.258 e. The van der Waals surface area contributed by atoms with Crippen molar-refractivity contribution in [3.63, 3.8) is 0 Å². The van der Waals surface area contributed by atoms with Crippen molar-refractivity contribution in [2.75, 3.05) is 30.9 Å². The summed E-state index contributed by atoms with van der Waals surface area (Å²) < 4.78 is 11.6. The minimum absolute atomic E-state index is 0.198. The number of anilines is 2. The number of H-pyrrole nitrogens is 1. The summed E-state index contributed by atoms with van der Waals surface area (Å²) in [6.45, 7) is 0.0187. The van der Waals surface area contributed by atoms with Gasteiger partial charge in [-0.3, -0.25) is 9.59 Å². The summed E-state index contributed by atoms with van der Waals surface area (Å²) in [5.74, 6) is 0.450. The van der Waals surface area contributed by atoms with Gasteiger partial charge in [-0.05, 0) is 42.0 Å². The number of nitrogens with one attached hydrogen (secondary N) is 2. The Kier molecular flexibility index (Phi) is 7.04. The van der Waals surface area contributed by atoms with E-state index in [2.05, 4.69) is 21.4 Å². The number of carbonyl (C=O) groups excluding carboxylic acids is 1. The summed E-state index contributed by atoms with van der Waals surface area (Å²) in [5, 5.41) is 12.0. The molecule has 35 heavy (non-hydrogen) atoms. The van der Waals surface area contributed by atoms with E-state index in [1.807, 2.05) is 37.2 Å². The molecule has 4 aromatic rings. The van der Waals surface area contributed by atoms with E-state index in [4.69, 9.17) is 14.7 Å². The minimum atomic E-state index is -0.394. The molecule has 0 radical (unpaired) electrons. The monoisotopic (exact) mass is 469 g/mol. The summed E-state index contributed by atoms with van der Waals surface area (Å²) >= 11 is 0. The number of rotatable bonds is 8. The lowest BCUT2D eigenvalue weighted by atomic mass is 10.2. The van der Waals surface area contributed by atoms with Crippen LogP contribution in [0.5, 0.6) is 11.5 Å². The van der Waals surface area contributed by atoms with Crippen molar-refractivity contribution in [2.45, 2.75) is 6.61 Å². The molecule has 0 saturated heterocycles. The van der Waals surface area contributed by atoms with Crippen LogP contribution in [-0.2, 0) is 16.1 Å². The van der Waals surface area contributed by atoms with E-state index in [9.17, 15) is 9.59 Å². The number of aromatic nitrogens is 2. The molecule has 0 fully saturated rings. The standard InChI is InChI=1S/C26H23N5O4/c1-31(2)19-4-3-5-20(10-19)35-24-11-21-22(28-16-29-26(21)33)12-23(24)30-25(32)15-34-14-18-8-6-17(13-27)7-9-18/h3-12,16H,14-15H2,1-2H3,(H,30,32)(H,28,29,33). The van der Waals surface area contributed by atoms with Gasteiger partial charge in [0.25, 0.3) is 5.56 Å². The van der Waals surface area contributed by atoms with E-state index in [1.165, 1.54) is 6.33 Å². The Morgan fingerprint density at radius 3 is 2.69 bits per heavy atom. The summed E-state index contributed by atoms with van der Waals surface area (Å²) in [4.78, 5) is 33.6. The van der Waals surface area contributed by atoms with Gasteiger partial charge in [0.1, 0.15) is 12.4 Å². The lowest BCUT2D eigenvalue weighted by molar-refractivity contribution is -0.121. The van der Waals surface area contributed by atoms with Crippen LogP contribution in [0.3, 0.4) is 0 Å². The molecule has 2 N–H and O–H groups in total. The van der Waals surface area contributed by atoms with Crippen LogP contribution in [0, 0.1) is 11.3 Å². The van der Waals surface area contributed by atoms with E-state index in [1.54, 1.807) is 42.5 Å². The molecule has 176 valence electrons. The number of fused-ring (bicyclic) bond motifs is 1. The molecule has 1 amide bonds. The third-order valence-corrected chi connectivity index (χ3v) is 5.16. The van der Waals surface area contributed by atoms with Crippen LogP contribution in [0.4, 0.5) is 11.4 Å². The van der Waals surface area contributed by atoms with Crippen molar-refractivity contribution in [2.24, 2.45) is 0 Å². The fraction of sp³-hybridized carbons (Fsp3) is 0.154. The maximum Gasteiger partial charge on any atom is 0.258 e. The maximum absolute atomic E-state index is 12.6. The third-order valence-electron chi connectivity index (χ3n) is 5.16. The molecule has 0 atom stereocenters. The molecule has 3 aromatic carbocycles. The van der Waals surface area contributed by atoms with Crippen molar-refractivity contribution >= 4 is 28.2 Å². The van der Waals surface area contributed by atoms with Gasteiger partial charge in [-0.15, -0.1) is 0 Å². The van der Waals surface area contributed by atoms with E-state index in [0.717, 1.165) is 11.3 Å². The van der Waals surface area contributed by atoms with Crippen LogP contribution in [0.2, 0.25) is 0 Å². The van der Waals surface area contributed by atoms with E-state index >= 15 is 0 Å². The van der Waals surface area contributed by atoms with Gasteiger partial charge in [-0.1, -0.05) is 18.2 Å². The van der Waals surface area contributed by atoms with E-state index < -0.39 is 5.91 Å². The molecule has 0 aliphatic rings. The minimum Gasteiger partial charge on any atom is -0.455 e. The van der Waals surface area contributed by atoms with Gasteiger partial charge in [0, 0.05) is 25.8 Å². The molecule has 0 spiro atoms. The van der Waals surface area contributed by atoms with Crippen LogP contribution in [-0.4, -0.2) is 36.6 Å². The van der Waals surface area contributed by atoms with Gasteiger partial charge < -0.3 is 24.7 Å². The number of nitriles is 1. The molecule has 1 heterocycles. The number of aromatic amines is 1. The molecule has 1 aromatic heterocycles. The van der Waals surface area contributed by atoms with Crippen LogP contribution in [0.1, 0.15) is 11.1 Å². The number of hydrogen-bond donors (Lipinski definition) is 2. The number of nitrogens with zero attached hydrogens (tertiary/aromatic N) is 3. The zero-order chi connectivity index (χ0) is 24.8. The first kappa shape index (κ1) is 23.5. The average Bonchev–Trinajstić information content (AvgIpc) is 2.85. The molecule has 4 rings (SSSR count). The quantitative estimate of drug-likeness (QED) is 0.403. The third kappa shape index (κ3) is 5.82. The summed E-state index contributed by atoms with van der Waals surface area (Å²) in [5.41, 5.74) is 2.79. The van der Waals surface area contributed by atoms with E-state index in [-0.39, 0.29) is 18.8 Å². The van der Waals surface area contributed by atoms with Crippen molar-refractivity contribution < 1.29 is 14.3 Å². The van der Waals surface area contributed by atoms with Gasteiger partial charge in [0.2, 0.25) is 5.91 Å². The topological polar surface area (TPSA) is 120 Å². The Hall–Kier alpha value is -4.68. The maximum atomic E-state index is 12.6. The van der Waals surface area contributed by atoms with Crippen molar-refractivity contribution in [3.8, 4) is 17.6 Å². The summed E-state index contributed by atoms with van der Waals surface area (Å²) in [7, 11) is 3.84. The number of hydrogen-bond acceptors (Lipinski definition) is 7. The first-order valence-electron chi connectivity index (χ1n) is 10.8. The molecule has 0 bridgehead atoms. The Labute approximate surface area is 201 Å². The summed E-state index contributed by atoms with van der Waals surface area (Å²) in [6, 6.07) is 19.6. The zero-order valence-corrected chi connectivity index (χ0v) is 19.2. The SMILES string of the molecule is CN(C)c1cccc(Oc2cc3c(=O)[nH]cnc3cc2NC(=O)COCc2ccc(C#N)cc2)c1. The second-order valence-corrected chi connectivity index (χ2v) is 7.94. The normalized spacial score (nSPS) is 10.5. The molecule has 0 aliphatic heterocycles. The van der Waals surface area contributed by atoms with Gasteiger partial charge in [-0.25, -0.2) is 4.98 Å². The number of ether oxygens (including phenoxy) is 2. The van der Waals surface area contributed by atoms with Crippen LogP contribution >= 0.6 is 0 Å². The van der Waals surface area contributed by atoms with Crippen molar-refractivity contribution in [1.29, 1.82) is 5.26 Å². The van der Waals surface area contributed by atoms with Gasteiger partial charge >= 0.3 is 0 Å². The second kappa shape index (κ2) is 10.5. The highest BCUT2D eigenvalue weighted by molar-refractivity contribution is 5.96. The van der Waals surface area contributed by atoms with Crippen molar-refractivity contribution in [3.05, 3.63) is 88.5 Å². The fourth-order valence-electron chi connectivity index (χ4n) is 3.35. The highest BCUT2D eigenvalue weighted by atomic mass is 16.5. The Morgan fingerprint density at radius 2 is 1.94 bits per heavy atom. The second-order valence-electron chi connectivity index (χ2n) is 7.94. The van der Waals surface area contributed by atoms with Crippen LogP contribution in [0.25, 0.3) is 10.9 Å². The lowest BCUT2D eigenvalue weighted by Crippen LogP contribution is -2.19. The largest absolute Gasteiger partial charge is 0.455 e. The van der Waals surface area contributed by atoms with Crippen LogP contribution < -0.4 is 20.5 Å². The molecular formula is C26H23N5O4. The Morgan fingerprint density at radius 1 is 1.14 bits per heavy atom. The molecule has 0 saturated carbocycles. The van der Waals surface area contributed by atoms with Gasteiger partial charge in [0.05, 0.1) is 41.2 Å². The number of carbonyl (C=O) groups is 1. The van der Waals surface area contributed by atoms with Crippen molar-refractivity contribution in [1.82, 2.24) is 9.97 Å². The molecule has 0 aliphatic carbocycles. The highest BCUT2D eigenvalue weighted by Crippen LogP contribution is 2.33. The predicted octanol–water partition coefficient (Wildman–Crippen LogP) is 3.81. The Bertz CT molecular complexity index is 1460. The highest BCUT2D eigenvalue weighted by Gasteiger charge is 2.14. The molecule has 9 heteroatoms. The van der Waals surface area contributed by atoms with E-state index in [0.29, 0.717) is 33.7 Å². The average molecular weight is 470 g/mol.